The van der Waals surface area contributed by atoms with Crippen LogP contribution in [0.15, 0.2) is 59.3 Å². The molecule has 6 heteroatoms. The Morgan fingerprint density at radius 3 is 2.81 bits per heavy atom. The number of aryl methyl sites for hydroxylation is 2. The largest absolute Gasteiger partial charge is 0.486 e. The number of hydrogen-bond acceptors (Lipinski definition) is 4. The molecule has 142 valence electrons. The van der Waals surface area contributed by atoms with Gasteiger partial charge in [-0.3, -0.25) is 9.48 Å². The van der Waals surface area contributed by atoms with E-state index in [0.29, 0.717) is 24.7 Å². The van der Waals surface area contributed by atoms with Crippen molar-refractivity contribution >= 4 is 5.91 Å². The maximum atomic E-state index is 12.1. The molecule has 27 heavy (non-hydrogen) atoms. The zero-order valence-corrected chi connectivity index (χ0v) is 15.6. The first-order valence-electron chi connectivity index (χ1n) is 9.30. The average Bonchev–Trinajstić information content (AvgIpc) is 3.37. The van der Waals surface area contributed by atoms with E-state index in [1.807, 2.05) is 29.1 Å². The Balaban J connectivity index is 1.41. The minimum Gasteiger partial charge on any atom is -0.486 e. The smallest absolute Gasteiger partial charge is 0.286 e. The summed E-state index contributed by atoms with van der Waals surface area (Å²) >= 11 is 0. The standard InChI is InChI=1S/C21H25N3O3/c1-2-5-17-6-8-18(9-7-17)26-16-19-10-11-20(27-19)21(25)22-12-3-14-24-15-4-13-23-24/h4,6-11,13,15H,2-3,5,12,14,16H2,1H3,(H,22,25). The first kappa shape index (κ1) is 18.8. The molecule has 0 aliphatic heterocycles. The van der Waals surface area contributed by atoms with Gasteiger partial charge in [-0.1, -0.05) is 25.5 Å². The molecule has 0 fully saturated rings. The second kappa shape index (κ2) is 9.62. The van der Waals surface area contributed by atoms with Crippen molar-refractivity contribution in [3.05, 3.63) is 71.9 Å². The van der Waals surface area contributed by atoms with E-state index < -0.39 is 0 Å². The fourth-order valence-electron chi connectivity index (χ4n) is 2.74. The third-order valence-corrected chi connectivity index (χ3v) is 4.14. The number of benzene rings is 1. The van der Waals surface area contributed by atoms with Crippen LogP contribution >= 0.6 is 0 Å². The van der Waals surface area contributed by atoms with Crippen LogP contribution in [0, 0.1) is 0 Å². The highest BCUT2D eigenvalue weighted by Crippen LogP contribution is 2.16. The molecule has 0 saturated heterocycles. The Bertz CT molecular complexity index is 823. The normalized spacial score (nSPS) is 10.7. The fourth-order valence-corrected chi connectivity index (χ4v) is 2.74. The molecular weight excluding hydrogens is 342 g/mol. The Labute approximate surface area is 159 Å². The molecule has 0 radical (unpaired) electrons. The van der Waals surface area contributed by atoms with E-state index in [4.69, 9.17) is 9.15 Å². The van der Waals surface area contributed by atoms with Gasteiger partial charge >= 0.3 is 0 Å². The van der Waals surface area contributed by atoms with Crippen molar-refractivity contribution in [3.63, 3.8) is 0 Å². The van der Waals surface area contributed by atoms with Gasteiger partial charge in [-0.05, 0) is 48.7 Å². The first-order chi connectivity index (χ1) is 13.2. The van der Waals surface area contributed by atoms with Gasteiger partial charge in [0.15, 0.2) is 5.76 Å². The highest BCUT2D eigenvalue weighted by atomic mass is 16.5. The third kappa shape index (κ3) is 5.74. The van der Waals surface area contributed by atoms with Crippen LogP contribution in [-0.2, 0) is 19.6 Å². The van der Waals surface area contributed by atoms with E-state index in [2.05, 4.69) is 29.5 Å². The minimum absolute atomic E-state index is 0.217. The van der Waals surface area contributed by atoms with E-state index in [9.17, 15) is 4.79 Å². The average molecular weight is 367 g/mol. The van der Waals surface area contributed by atoms with Crippen LogP contribution in [-0.4, -0.2) is 22.2 Å². The fraction of sp³-hybridized carbons (Fsp3) is 0.333. The van der Waals surface area contributed by atoms with E-state index in [1.165, 1.54) is 5.56 Å². The van der Waals surface area contributed by atoms with Gasteiger partial charge in [0.05, 0.1) is 0 Å². The van der Waals surface area contributed by atoms with Gasteiger partial charge in [0, 0.05) is 25.5 Å². The maximum absolute atomic E-state index is 12.1. The molecule has 2 heterocycles. The quantitative estimate of drug-likeness (QED) is 0.553. The zero-order chi connectivity index (χ0) is 18.9. The van der Waals surface area contributed by atoms with Crippen LogP contribution in [0.2, 0.25) is 0 Å². The molecular formula is C21H25N3O3. The van der Waals surface area contributed by atoms with Crippen LogP contribution in [0.4, 0.5) is 0 Å². The molecule has 3 aromatic rings. The maximum Gasteiger partial charge on any atom is 0.286 e. The Hall–Kier alpha value is -3.02. The molecule has 0 bridgehead atoms. The summed E-state index contributed by atoms with van der Waals surface area (Å²) in [5.74, 6) is 1.49. The molecule has 3 rings (SSSR count). The summed E-state index contributed by atoms with van der Waals surface area (Å²) in [7, 11) is 0. The van der Waals surface area contributed by atoms with Gasteiger partial charge in [0.1, 0.15) is 18.1 Å². The molecule has 0 spiro atoms. The van der Waals surface area contributed by atoms with Crippen molar-refractivity contribution in [2.75, 3.05) is 6.54 Å². The monoisotopic (exact) mass is 367 g/mol. The van der Waals surface area contributed by atoms with E-state index in [-0.39, 0.29) is 5.91 Å². The summed E-state index contributed by atoms with van der Waals surface area (Å²) in [6.07, 6.45) is 6.64. The number of rotatable bonds is 10. The molecule has 1 N–H and O–H groups in total. The lowest BCUT2D eigenvalue weighted by Gasteiger charge is -2.06. The second-order valence-electron chi connectivity index (χ2n) is 6.33. The summed E-state index contributed by atoms with van der Waals surface area (Å²) < 4.78 is 13.1. The van der Waals surface area contributed by atoms with Crippen molar-refractivity contribution in [1.29, 1.82) is 0 Å². The van der Waals surface area contributed by atoms with Crippen LogP contribution < -0.4 is 10.1 Å². The predicted molar refractivity (Wildman–Crippen MR) is 103 cm³/mol. The van der Waals surface area contributed by atoms with Crippen molar-refractivity contribution in [1.82, 2.24) is 15.1 Å². The minimum atomic E-state index is -0.217. The first-order valence-corrected chi connectivity index (χ1v) is 9.30. The molecule has 6 nitrogen and oxygen atoms in total. The van der Waals surface area contributed by atoms with Crippen molar-refractivity contribution < 1.29 is 13.9 Å². The summed E-state index contributed by atoms with van der Waals surface area (Å²) in [6, 6.07) is 13.4. The Morgan fingerprint density at radius 2 is 2.07 bits per heavy atom. The number of ether oxygens (including phenoxy) is 1. The summed E-state index contributed by atoms with van der Waals surface area (Å²) in [4.78, 5) is 12.1. The topological polar surface area (TPSA) is 69.3 Å². The van der Waals surface area contributed by atoms with Crippen molar-refractivity contribution in [2.45, 2.75) is 39.3 Å². The van der Waals surface area contributed by atoms with Crippen molar-refractivity contribution in [3.8, 4) is 5.75 Å². The Kier molecular flexibility index (Phi) is 6.68. The molecule has 1 amide bonds. The summed E-state index contributed by atoms with van der Waals surface area (Å²) in [5, 5.41) is 6.98. The third-order valence-electron chi connectivity index (χ3n) is 4.14. The predicted octanol–water partition coefficient (Wildman–Crippen LogP) is 3.83. The molecule has 1 aromatic carbocycles. The van der Waals surface area contributed by atoms with Crippen LogP contribution in [0.25, 0.3) is 0 Å². The molecule has 0 saturated carbocycles. The van der Waals surface area contributed by atoms with E-state index in [1.54, 1.807) is 18.3 Å². The number of hydrogen-bond donors (Lipinski definition) is 1. The van der Waals surface area contributed by atoms with Crippen LogP contribution in [0.1, 0.15) is 41.6 Å². The lowest BCUT2D eigenvalue weighted by Crippen LogP contribution is -2.24. The molecule has 0 aliphatic carbocycles. The lowest BCUT2D eigenvalue weighted by atomic mass is 10.1. The highest BCUT2D eigenvalue weighted by molar-refractivity contribution is 5.91. The van der Waals surface area contributed by atoms with E-state index in [0.717, 1.165) is 31.6 Å². The second-order valence-corrected chi connectivity index (χ2v) is 6.33. The van der Waals surface area contributed by atoms with Gasteiger partial charge < -0.3 is 14.5 Å². The number of aromatic nitrogens is 2. The van der Waals surface area contributed by atoms with Gasteiger partial charge in [-0.15, -0.1) is 0 Å². The number of carbonyl (C=O) groups excluding carboxylic acids is 1. The SMILES string of the molecule is CCCc1ccc(OCc2ccc(C(=O)NCCCn3cccn3)o2)cc1. The summed E-state index contributed by atoms with van der Waals surface area (Å²) in [5.41, 5.74) is 1.30. The molecule has 2 aromatic heterocycles. The lowest BCUT2D eigenvalue weighted by molar-refractivity contribution is 0.0921. The Morgan fingerprint density at radius 1 is 1.22 bits per heavy atom. The van der Waals surface area contributed by atoms with E-state index >= 15 is 0 Å². The molecule has 0 atom stereocenters. The number of nitrogens with zero attached hydrogens (tertiary/aromatic N) is 2. The summed E-state index contributed by atoms with van der Waals surface area (Å²) in [6.45, 7) is 3.78. The number of amides is 1. The van der Waals surface area contributed by atoms with Gasteiger partial charge in [-0.2, -0.15) is 5.10 Å². The number of nitrogens with one attached hydrogen (secondary N) is 1. The van der Waals surface area contributed by atoms with Gasteiger partial charge in [0.25, 0.3) is 5.91 Å². The zero-order valence-electron chi connectivity index (χ0n) is 15.6. The van der Waals surface area contributed by atoms with Crippen LogP contribution in [0.3, 0.4) is 0 Å². The molecule has 0 unspecified atom stereocenters. The van der Waals surface area contributed by atoms with Gasteiger partial charge in [-0.25, -0.2) is 0 Å². The molecule has 0 aliphatic rings. The number of carbonyl (C=O) groups is 1. The van der Waals surface area contributed by atoms with Crippen molar-refractivity contribution in [2.24, 2.45) is 0 Å². The highest BCUT2D eigenvalue weighted by Gasteiger charge is 2.11. The number of furan rings is 1. The van der Waals surface area contributed by atoms with Gasteiger partial charge in [0.2, 0.25) is 0 Å². The van der Waals surface area contributed by atoms with Crippen LogP contribution in [0.5, 0.6) is 5.75 Å².